The van der Waals surface area contributed by atoms with E-state index in [0.717, 1.165) is 15.4 Å². The molecule has 0 bridgehead atoms. The fourth-order valence-corrected chi connectivity index (χ4v) is 2.38. The Morgan fingerprint density at radius 2 is 2.11 bits per heavy atom. The number of nitrogens with zero attached hydrogens (tertiary/aromatic N) is 1. The Labute approximate surface area is 110 Å². The summed E-state index contributed by atoms with van der Waals surface area (Å²) in [5.74, 6) is 0. The lowest BCUT2D eigenvalue weighted by Gasteiger charge is -2.10. The minimum atomic E-state index is -0.699. The van der Waals surface area contributed by atoms with E-state index in [0.29, 0.717) is 6.54 Å². The molecule has 0 spiro atoms. The second-order valence-electron chi connectivity index (χ2n) is 4.16. The van der Waals surface area contributed by atoms with Gasteiger partial charge in [-0.05, 0) is 12.5 Å². The number of benzene rings is 1. The zero-order valence-corrected chi connectivity index (χ0v) is 11.0. The molecule has 0 saturated carbocycles. The zero-order chi connectivity index (χ0) is 13.0. The number of nitrogens with one attached hydrogen (secondary N) is 1. The van der Waals surface area contributed by atoms with Crippen LogP contribution in [-0.2, 0) is 6.54 Å². The first kappa shape index (κ1) is 13.2. The third kappa shape index (κ3) is 3.36. The summed E-state index contributed by atoms with van der Waals surface area (Å²) in [5, 5.41) is 13.9. The van der Waals surface area contributed by atoms with Crippen LogP contribution in [0.4, 0.5) is 0 Å². The molecule has 1 aromatic heterocycles. The van der Waals surface area contributed by atoms with Crippen molar-refractivity contribution in [1.82, 2.24) is 10.3 Å². The normalized spacial score (nSPS) is 14.4. The first-order valence-electron chi connectivity index (χ1n) is 5.83. The van der Waals surface area contributed by atoms with Crippen LogP contribution in [0.2, 0.25) is 0 Å². The molecule has 96 valence electrons. The Kier molecular flexibility index (Phi) is 4.43. The van der Waals surface area contributed by atoms with Gasteiger partial charge in [0, 0.05) is 12.7 Å². The number of aliphatic hydroxyl groups excluding tert-OH is 1. The average molecular weight is 263 g/mol. The molecule has 0 aliphatic rings. The van der Waals surface area contributed by atoms with Crippen LogP contribution >= 0.6 is 11.3 Å². The van der Waals surface area contributed by atoms with E-state index < -0.39 is 6.23 Å². The van der Waals surface area contributed by atoms with Crippen LogP contribution in [0.1, 0.15) is 34.6 Å². The quantitative estimate of drug-likeness (QED) is 0.721. The van der Waals surface area contributed by atoms with Crippen LogP contribution in [0.5, 0.6) is 0 Å². The molecule has 0 aliphatic carbocycles. The topological polar surface area (TPSA) is 71.2 Å². The third-order valence-electron chi connectivity index (χ3n) is 2.54. The lowest BCUT2D eigenvalue weighted by Crippen LogP contribution is -2.19. The molecule has 1 heterocycles. The van der Waals surface area contributed by atoms with Crippen LogP contribution in [0, 0.1) is 0 Å². The van der Waals surface area contributed by atoms with Crippen molar-refractivity contribution in [2.45, 2.75) is 25.7 Å². The van der Waals surface area contributed by atoms with Gasteiger partial charge in [-0.3, -0.25) is 5.32 Å². The number of aliphatic hydroxyl groups is 1. The maximum Gasteiger partial charge on any atom is 0.142 e. The molecule has 4 N–H and O–H groups in total. The van der Waals surface area contributed by atoms with Gasteiger partial charge in [-0.1, -0.05) is 30.3 Å². The Morgan fingerprint density at radius 1 is 1.39 bits per heavy atom. The summed E-state index contributed by atoms with van der Waals surface area (Å²) in [6, 6.07) is 9.86. The Morgan fingerprint density at radius 3 is 2.72 bits per heavy atom. The van der Waals surface area contributed by atoms with Gasteiger partial charge in [0.05, 0.1) is 10.9 Å². The molecule has 5 heteroatoms. The second-order valence-corrected chi connectivity index (χ2v) is 5.25. The monoisotopic (exact) mass is 263 g/mol. The highest BCUT2D eigenvalue weighted by Gasteiger charge is 2.12. The van der Waals surface area contributed by atoms with Gasteiger partial charge in [0.2, 0.25) is 0 Å². The molecule has 0 radical (unpaired) electrons. The second kappa shape index (κ2) is 6.06. The predicted molar refractivity (Wildman–Crippen MR) is 73.0 cm³/mol. The van der Waals surface area contributed by atoms with Crippen LogP contribution < -0.4 is 11.1 Å². The van der Waals surface area contributed by atoms with E-state index in [2.05, 4.69) is 10.3 Å². The molecule has 18 heavy (non-hydrogen) atoms. The standard InChI is InChI=1S/C13H17N3OS/c1-9(14)13-16-8-11(18-13)12(17)15-7-10-5-3-2-4-6-10/h2-6,8-9,12,15,17H,7,14H2,1H3. The Bertz CT molecular complexity index is 484. The van der Waals surface area contributed by atoms with E-state index in [-0.39, 0.29) is 6.04 Å². The summed E-state index contributed by atoms with van der Waals surface area (Å²) in [5.41, 5.74) is 6.87. The Balaban J connectivity index is 1.93. The van der Waals surface area contributed by atoms with Crippen molar-refractivity contribution in [2.75, 3.05) is 0 Å². The van der Waals surface area contributed by atoms with E-state index in [4.69, 9.17) is 5.73 Å². The van der Waals surface area contributed by atoms with Crippen LogP contribution in [0.15, 0.2) is 36.5 Å². The molecule has 2 rings (SSSR count). The molecule has 4 nitrogen and oxygen atoms in total. The molecular formula is C13H17N3OS. The van der Waals surface area contributed by atoms with E-state index in [1.807, 2.05) is 37.3 Å². The highest BCUT2D eigenvalue weighted by Crippen LogP contribution is 2.22. The maximum atomic E-state index is 10.00. The highest BCUT2D eigenvalue weighted by atomic mass is 32.1. The van der Waals surface area contributed by atoms with Crippen molar-refractivity contribution in [2.24, 2.45) is 5.73 Å². The van der Waals surface area contributed by atoms with Crippen molar-refractivity contribution in [3.8, 4) is 0 Å². The summed E-state index contributed by atoms with van der Waals surface area (Å²) < 4.78 is 0. The predicted octanol–water partition coefficient (Wildman–Crippen LogP) is 1.94. The van der Waals surface area contributed by atoms with E-state index in [9.17, 15) is 5.11 Å². The minimum Gasteiger partial charge on any atom is -0.373 e. The van der Waals surface area contributed by atoms with Gasteiger partial charge in [0.1, 0.15) is 11.2 Å². The van der Waals surface area contributed by atoms with E-state index in [1.54, 1.807) is 6.20 Å². The Hall–Kier alpha value is -1.27. The molecule has 2 atom stereocenters. The number of aromatic nitrogens is 1. The van der Waals surface area contributed by atoms with Gasteiger partial charge in [0.15, 0.2) is 0 Å². The molecule has 0 aliphatic heterocycles. The largest absolute Gasteiger partial charge is 0.373 e. The van der Waals surface area contributed by atoms with Gasteiger partial charge < -0.3 is 10.8 Å². The minimum absolute atomic E-state index is 0.0925. The van der Waals surface area contributed by atoms with Gasteiger partial charge in [-0.15, -0.1) is 11.3 Å². The molecule has 2 unspecified atom stereocenters. The van der Waals surface area contributed by atoms with E-state index >= 15 is 0 Å². The van der Waals surface area contributed by atoms with Gasteiger partial charge in [-0.25, -0.2) is 4.98 Å². The molecule has 0 saturated heterocycles. The molecule has 0 fully saturated rings. The zero-order valence-electron chi connectivity index (χ0n) is 10.2. The average Bonchev–Trinajstić information content (AvgIpc) is 2.87. The van der Waals surface area contributed by atoms with Crippen LogP contribution in [0.3, 0.4) is 0 Å². The smallest absolute Gasteiger partial charge is 0.142 e. The van der Waals surface area contributed by atoms with Crippen molar-refractivity contribution >= 4 is 11.3 Å². The third-order valence-corrected chi connectivity index (χ3v) is 3.79. The number of rotatable bonds is 5. The maximum absolute atomic E-state index is 10.00. The highest BCUT2D eigenvalue weighted by molar-refractivity contribution is 7.11. The summed E-state index contributed by atoms with van der Waals surface area (Å²) in [7, 11) is 0. The summed E-state index contributed by atoms with van der Waals surface area (Å²) in [6.45, 7) is 2.50. The summed E-state index contributed by atoms with van der Waals surface area (Å²) in [6.07, 6.45) is 0.974. The lowest BCUT2D eigenvalue weighted by atomic mass is 10.2. The lowest BCUT2D eigenvalue weighted by molar-refractivity contribution is 0.140. The number of nitrogens with two attached hydrogens (primary N) is 1. The van der Waals surface area contributed by atoms with Gasteiger partial charge in [0.25, 0.3) is 0 Å². The first-order chi connectivity index (χ1) is 8.66. The fourth-order valence-electron chi connectivity index (χ4n) is 1.55. The van der Waals surface area contributed by atoms with Crippen LogP contribution in [0.25, 0.3) is 0 Å². The molecule has 1 aromatic carbocycles. The SMILES string of the molecule is CC(N)c1ncc(C(O)NCc2ccccc2)s1. The van der Waals surface area contributed by atoms with Crippen molar-refractivity contribution in [3.05, 3.63) is 52.0 Å². The van der Waals surface area contributed by atoms with Gasteiger partial charge >= 0.3 is 0 Å². The summed E-state index contributed by atoms with van der Waals surface area (Å²) >= 11 is 1.44. The van der Waals surface area contributed by atoms with E-state index in [1.165, 1.54) is 11.3 Å². The first-order valence-corrected chi connectivity index (χ1v) is 6.65. The van der Waals surface area contributed by atoms with Crippen molar-refractivity contribution < 1.29 is 5.11 Å². The number of hydrogen-bond acceptors (Lipinski definition) is 5. The summed E-state index contributed by atoms with van der Waals surface area (Å²) in [4.78, 5) is 4.98. The fraction of sp³-hybridized carbons (Fsp3) is 0.308. The molecular weight excluding hydrogens is 246 g/mol. The van der Waals surface area contributed by atoms with Crippen molar-refractivity contribution in [3.63, 3.8) is 0 Å². The molecule has 0 amide bonds. The number of hydrogen-bond donors (Lipinski definition) is 3. The van der Waals surface area contributed by atoms with Crippen molar-refractivity contribution in [1.29, 1.82) is 0 Å². The van der Waals surface area contributed by atoms with Crippen LogP contribution in [-0.4, -0.2) is 10.1 Å². The van der Waals surface area contributed by atoms with Gasteiger partial charge in [-0.2, -0.15) is 0 Å². The molecule has 2 aromatic rings. The number of thiazole rings is 1.